The lowest BCUT2D eigenvalue weighted by atomic mass is 10.0. The summed E-state index contributed by atoms with van der Waals surface area (Å²) in [5.41, 5.74) is 1.49. The third-order valence-corrected chi connectivity index (χ3v) is 3.13. The van der Waals surface area contributed by atoms with Crippen molar-refractivity contribution >= 4 is 5.91 Å². The number of carbonyl (C=O) groups is 1. The minimum absolute atomic E-state index is 0.0204. The maximum atomic E-state index is 11.9. The maximum Gasteiger partial charge on any atom is 0.288 e. The van der Waals surface area contributed by atoms with Gasteiger partial charge in [-0.3, -0.25) is 4.79 Å². The molecule has 0 saturated heterocycles. The second kappa shape index (κ2) is 5.21. The first kappa shape index (κ1) is 13.1. The number of carbonyl (C=O) groups excluding carboxylic acids is 1. The molecule has 0 atom stereocenters. The molecule has 6 heteroatoms. The molecule has 1 aliphatic rings. The van der Waals surface area contributed by atoms with Crippen molar-refractivity contribution in [2.75, 3.05) is 13.3 Å². The van der Waals surface area contributed by atoms with E-state index < -0.39 is 5.91 Å². The van der Waals surface area contributed by atoms with E-state index in [1.807, 2.05) is 6.07 Å². The molecule has 0 unspecified atom stereocenters. The summed E-state index contributed by atoms with van der Waals surface area (Å²) in [6, 6.07) is 7.34. The SMILES string of the molecule is CCNC(=O)c1occ(-c2ccc3c(c2)OCO3)c1C#N. The predicted octanol–water partition coefficient (Wildman–Crippen LogP) is 2.30. The molecule has 106 valence electrons. The van der Waals surface area contributed by atoms with E-state index in [4.69, 9.17) is 13.9 Å². The molecule has 2 heterocycles. The number of nitrogens with zero attached hydrogens (tertiary/aromatic N) is 1. The van der Waals surface area contributed by atoms with Gasteiger partial charge in [0.25, 0.3) is 5.91 Å². The van der Waals surface area contributed by atoms with Gasteiger partial charge in [0.15, 0.2) is 11.5 Å². The number of amides is 1. The smallest absolute Gasteiger partial charge is 0.288 e. The van der Waals surface area contributed by atoms with E-state index in [1.165, 1.54) is 6.26 Å². The molecule has 2 aromatic rings. The monoisotopic (exact) mass is 284 g/mol. The number of fused-ring (bicyclic) bond motifs is 1. The summed E-state index contributed by atoms with van der Waals surface area (Å²) in [6.07, 6.45) is 1.40. The standard InChI is InChI=1S/C15H12N2O4/c1-2-17-15(18)14-10(6-16)11(7-19-14)9-3-4-12-13(5-9)21-8-20-12/h3-5,7H,2,8H2,1H3,(H,17,18). The lowest BCUT2D eigenvalue weighted by Crippen LogP contribution is -2.22. The highest BCUT2D eigenvalue weighted by molar-refractivity contribution is 5.96. The van der Waals surface area contributed by atoms with Crippen LogP contribution in [0.5, 0.6) is 11.5 Å². The first-order valence-corrected chi connectivity index (χ1v) is 6.44. The van der Waals surface area contributed by atoms with Crippen molar-refractivity contribution in [3.05, 3.63) is 35.8 Å². The number of nitrogens with one attached hydrogen (secondary N) is 1. The Morgan fingerprint density at radius 1 is 1.38 bits per heavy atom. The number of benzene rings is 1. The van der Waals surface area contributed by atoms with E-state index >= 15 is 0 Å². The van der Waals surface area contributed by atoms with Crippen LogP contribution in [0.1, 0.15) is 23.0 Å². The average molecular weight is 284 g/mol. The second-order valence-electron chi connectivity index (χ2n) is 4.39. The molecule has 1 aromatic carbocycles. The quantitative estimate of drug-likeness (QED) is 0.934. The van der Waals surface area contributed by atoms with Crippen molar-refractivity contribution in [1.29, 1.82) is 5.26 Å². The van der Waals surface area contributed by atoms with E-state index in [0.717, 1.165) is 5.56 Å². The van der Waals surface area contributed by atoms with Crippen molar-refractivity contribution in [2.45, 2.75) is 6.92 Å². The van der Waals surface area contributed by atoms with Gasteiger partial charge >= 0.3 is 0 Å². The van der Waals surface area contributed by atoms with Crippen molar-refractivity contribution in [3.63, 3.8) is 0 Å². The Morgan fingerprint density at radius 2 is 2.19 bits per heavy atom. The molecule has 1 amide bonds. The number of ether oxygens (including phenoxy) is 2. The maximum absolute atomic E-state index is 11.9. The van der Waals surface area contributed by atoms with Crippen LogP contribution >= 0.6 is 0 Å². The topological polar surface area (TPSA) is 84.5 Å². The molecule has 1 N–H and O–H groups in total. The number of furan rings is 1. The Labute approximate surface area is 120 Å². The first-order valence-electron chi connectivity index (χ1n) is 6.44. The third kappa shape index (κ3) is 2.19. The van der Waals surface area contributed by atoms with Crippen LogP contribution in [0.2, 0.25) is 0 Å². The zero-order valence-corrected chi connectivity index (χ0v) is 11.3. The van der Waals surface area contributed by atoms with Crippen LogP contribution in [-0.2, 0) is 0 Å². The Balaban J connectivity index is 2.03. The third-order valence-electron chi connectivity index (χ3n) is 3.13. The molecule has 21 heavy (non-hydrogen) atoms. The molecule has 1 aromatic heterocycles. The molecular weight excluding hydrogens is 272 g/mol. The molecule has 0 radical (unpaired) electrons. The molecular formula is C15H12N2O4. The average Bonchev–Trinajstić information content (AvgIpc) is 3.12. The number of nitriles is 1. The summed E-state index contributed by atoms with van der Waals surface area (Å²) in [5.74, 6) is 0.884. The Bertz CT molecular complexity index is 743. The van der Waals surface area contributed by atoms with Crippen LogP contribution < -0.4 is 14.8 Å². The van der Waals surface area contributed by atoms with Gasteiger partial charge in [-0.1, -0.05) is 6.07 Å². The minimum atomic E-state index is -0.402. The fourth-order valence-electron chi connectivity index (χ4n) is 2.15. The Kier molecular flexibility index (Phi) is 3.24. The number of hydrogen-bond donors (Lipinski definition) is 1. The summed E-state index contributed by atoms with van der Waals surface area (Å²) in [5, 5.41) is 11.9. The minimum Gasteiger partial charge on any atom is -0.457 e. The fourth-order valence-corrected chi connectivity index (χ4v) is 2.15. The van der Waals surface area contributed by atoms with Crippen molar-refractivity contribution < 1.29 is 18.7 Å². The van der Waals surface area contributed by atoms with Gasteiger partial charge in [-0.15, -0.1) is 0 Å². The highest BCUT2D eigenvalue weighted by Gasteiger charge is 2.22. The summed E-state index contributed by atoms with van der Waals surface area (Å²) >= 11 is 0. The number of hydrogen-bond acceptors (Lipinski definition) is 5. The van der Waals surface area contributed by atoms with Crippen LogP contribution in [0.4, 0.5) is 0 Å². The molecule has 0 aliphatic carbocycles. The summed E-state index contributed by atoms with van der Waals surface area (Å²) in [6.45, 7) is 2.44. The van der Waals surface area contributed by atoms with E-state index in [2.05, 4.69) is 5.32 Å². The largest absolute Gasteiger partial charge is 0.457 e. The highest BCUT2D eigenvalue weighted by Crippen LogP contribution is 2.37. The second-order valence-corrected chi connectivity index (χ2v) is 4.39. The zero-order chi connectivity index (χ0) is 14.8. The molecule has 3 rings (SSSR count). The summed E-state index contributed by atoms with van der Waals surface area (Å²) in [7, 11) is 0. The molecule has 6 nitrogen and oxygen atoms in total. The highest BCUT2D eigenvalue weighted by atomic mass is 16.7. The zero-order valence-electron chi connectivity index (χ0n) is 11.3. The van der Waals surface area contributed by atoms with Gasteiger partial charge in [0.2, 0.25) is 12.6 Å². The van der Waals surface area contributed by atoms with Crippen molar-refractivity contribution in [1.82, 2.24) is 5.32 Å². The fraction of sp³-hybridized carbons (Fsp3) is 0.200. The van der Waals surface area contributed by atoms with Gasteiger partial charge in [0.1, 0.15) is 17.9 Å². The predicted molar refractivity (Wildman–Crippen MR) is 73.0 cm³/mol. The molecule has 0 saturated carbocycles. The first-order chi connectivity index (χ1) is 10.2. The van der Waals surface area contributed by atoms with Crippen LogP contribution in [0, 0.1) is 11.3 Å². The van der Waals surface area contributed by atoms with Crippen LogP contribution in [-0.4, -0.2) is 19.2 Å². The van der Waals surface area contributed by atoms with Gasteiger partial charge < -0.3 is 19.2 Å². The normalized spacial score (nSPS) is 12.0. The van der Waals surface area contributed by atoms with Crippen LogP contribution in [0.15, 0.2) is 28.9 Å². The van der Waals surface area contributed by atoms with E-state index in [-0.39, 0.29) is 18.1 Å². The van der Waals surface area contributed by atoms with Crippen molar-refractivity contribution in [2.24, 2.45) is 0 Å². The van der Waals surface area contributed by atoms with Gasteiger partial charge in [0, 0.05) is 12.1 Å². The summed E-state index contributed by atoms with van der Waals surface area (Å²) in [4.78, 5) is 11.9. The van der Waals surface area contributed by atoms with E-state index in [9.17, 15) is 10.1 Å². The van der Waals surface area contributed by atoms with E-state index in [0.29, 0.717) is 23.6 Å². The van der Waals surface area contributed by atoms with Gasteiger partial charge in [-0.25, -0.2) is 0 Å². The van der Waals surface area contributed by atoms with Gasteiger partial charge in [0.05, 0.1) is 0 Å². The van der Waals surface area contributed by atoms with Gasteiger partial charge in [-0.2, -0.15) is 5.26 Å². The molecule has 0 bridgehead atoms. The van der Waals surface area contributed by atoms with Crippen molar-refractivity contribution in [3.8, 4) is 28.7 Å². The van der Waals surface area contributed by atoms with Gasteiger partial charge in [-0.05, 0) is 24.6 Å². The van der Waals surface area contributed by atoms with Crippen LogP contribution in [0.25, 0.3) is 11.1 Å². The lowest BCUT2D eigenvalue weighted by molar-refractivity contribution is 0.0928. The molecule has 1 aliphatic heterocycles. The van der Waals surface area contributed by atoms with E-state index in [1.54, 1.807) is 25.1 Å². The van der Waals surface area contributed by atoms with Crippen LogP contribution in [0.3, 0.4) is 0 Å². The number of rotatable bonds is 3. The lowest BCUT2D eigenvalue weighted by Gasteiger charge is -2.01. The molecule has 0 fully saturated rings. The Morgan fingerprint density at radius 3 is 2.95 bits per heavy atom. The molecule has 0 spiro atoms. The summed E-state index contributed by atoms with van der Waals surface area (Å²) < 4.78 is 15.8. The Hall–Kier alpha value is -2.94.